The van der Waals surface area contributed by atoms with E-state index < -0.39 is 6.04 Å². The summed E-state index contributed by atoms with van der Waals surface area (Å²) in [5.74, 6) is 0.368. The van der Waals surface area contributed by atoms with Gasteiger partial charge in [-0.05, 0) is 74.2 Å². The molecule has 37 heavy (non-hydrogen) atoms. The van der Waals surface area contributed by atoms with Crippen molar-refractivity contribution in [1.29, 1.82) is 0 Å². The zero-order valence-corrected chi connectivity index (χ0v) is 21.8. The molecule has 0 fully saturated rings. The summed E-state index contributed by atoms with van der Waals surface area (Å²) in [5.41, 5.74) is 4.35. The lowest BCUT2D eigenvalue weighted by atomic mass is 10.1. The van der Waals surface area contributed by atoms with Gasteiger partial charge in [-0.1, -0.05) is 48.5 Å². The summed E-state index contributed by atoms with van der Waals surface area (Å²) in [5, 5.41) is 0.540. The Hall–Kier alpha value is -4.03. The Morgan fingerprint density at radius 1 is 1.03 bits per heavy atom. The highest BCUT2D eigenvalue weighted by Gasteiger charge is 2.26. The van der Waals surface area contributed by atoms with Crippen LogP contribution in [0.5, 0.6) is 0 Å². The summed E-state index contributed by atoms with van der Waals surface area (Å²) < 4.78 is 6.90. The van der Waals surface area contributed by atoms with Crippen LogP contribution in [0.4, 0.5) is 0 Å². The van der Waals surface area contributed by atoms with Crippen LogP contribution in [0.3, 0.4) is 0 Å². The number of nitrogens with zero attached hydrogens (tertiary/aromatic N) is 3. The molecule has 0 spiro atoms. The van der Waals surface area contributed by atoms with E-state index in [0.29, 0.717) is 36.3 Å². The maximum absolute atomic E-state index is 13.8. The van der Waals surface area contributed by atoms with Crippen LogP contribution < -0.4 is 5.56 Å². The second-order valence-electron chi connectivity index (χ2n) is 9.19. The van der Waals surface area contributed by atoms with Crippen molar-refractivity contribution in [2.75, 3.05) is 20.3 Å². The molecule has 4 aromatic rings. The fourth-order valence-corrected chi connectivity index (χ4v) is 4.39. The van der Waals surface area contributed by atoms with Gasteiger partial charge >= 0.3 is 0 Å². The number of rotatable bonds is 9. The van der Waals surface area contributed by atoms with Gasteiger partial charge in [-0.2, -0.15) is 0 Å². The van der Waals surface area contributed by atoms with E-state index in [9.17, 15) is 9.59 Å². The van der Waals surface area contributed by atoms with Crippen LogP contribution in [-0.2, 0) is 9.53 Å². The van der Waals surface area contributed by atoms with Gasteiger partial charge in [-0.3, -0.25) is 14.2 Å². The van der Waals surface area contributed by atoms with Crippen LogP contribution in [0.25, 0.3) is 22.7 Å². The average molecular weight is 496 g/mol. The highest BCUT2D eigenvalue weighted by atomic mass is 16.5. The van der Waals surface area contributed by atoms with Gasteiger partial charge in [0.2, 0.25) is 5.91 Å². The number of benzene rings is 3. The van der Waals surface area contributed by atoms with Gasteiger partial charge in [0.05, 0.1) is 22.6 Å². The van der Waals surface area contributed by atoms with Gasteiger partial charge in [-0.15, -0.1) is 0 Å². The van der Waals surface area contributed by atoms with Crippen LogP contribution in [0, 0.1) is 13.8 Å². The van der Waals surface area contributed by atoms with E-state index in [-0.39, 0.29) is 11.5 Å². The molecule has 0 aliphatic carbocycles. The minimum absolute atomic E-state index is 0.151. The Balaban J connectivity index is 1.83. The molecule has 1 aromatic heterocycles. The normalized spacial score (nSPS) is 12.2. The largest absolute Gasteiger partial charge is 0.385 e. The second-order valence-corrected chi connectivity index (χ2v) is 9.19. The summed E-state index contributed by atoms with van der Waals surface area (Å²) >= 11 is 0. The van der Waals surface area contributed by atoms with Gasteiger partial charge in [0.25, 0.3) is 5.56 Å². The van der Waals surface area contributed by atoms with Crippen LogP contribution >= 0.6 is 0 Å². The van der Waals surface area contributed by atoms with Crippen molar-refractivity contribution in [3.05, 3.63) is 112 Å². The van der Waals surface area contributed by atoms with E-state index in [1.54, 1.807) is 28.7 Å². The number of amides is 1. The molecule has 0 saturated carbocycles. The third kappa shape index (κ3) is 5.87. The quantitative estimate of drug-likeness (QED) is 0.223. The van der Waals surface area contributed by atoms with Crippen LogP contribution in [0.2, 0.25) is 0 Å². The molecule has 0 aliphatic rings. The van der Waals surface area contributed by atoms with Gasteiger partial charge < -0.3 is 9.64 Å². The molecule has 0 saturated heterocycles. The van der Waals surface area contributed by atoms with Crippen molar-refractivity contribution in [3.8, 4) is 5.69 Å². The number of hydrogen-bond donors (Lipinski definition) is 0. The lowest BCUT2D eigenvalue weighted by Crippen LogP contribution is -2.37. The standard InChI is InChI=1S/C31H33N3O3/c1-22-15-17-26(21-23(22)2)34-30(32-28-14-9-8-13-27(28)31(34)36)24(3)33(19-10-20-37-4)29(35)18-16-25-11-6-5-7-12-25/h5-9,11-18,21,24H,10,19-20H2,1-4H3. The Kier molecular flexibility index (Phi) is 8.31. The number of fused-ring (bicyclic) bond motifs is 1. The monoisotopic (exact) mass is 495 g/mol. The molecule has 0 N–H and O–H groups in total. The van der Waals surface area contributed by atoms with Crippen molar-refractivity contribution in [3.63, 3.8) is 0 Å². The molecule has 1 unspecified atom stereocenters. The number of para-hydroxylation sites is 1. The van der Waals surface area contributed by atoms with Gasteiger partial charge in [-0.25, -0.2) is 4.98 Å². The topological polar surface area (TPSA) is 64.4 Å². The number of hydrogen-bond acceptors (Lipinski definition) is 4. The number of carbonyl (C=O) groups excluding carboxylic acids is 1. The van der Waals surface area contributed by atoms with E-state index in [0.717, 1.165) is 22.4 Å². The van der Waals surface area contributed by atoms with Gasteiger partial charge in [0.15, 0.2) is 0 Å². The summed E-state index contributed by atoms with van der Waals surface area (Å²) in [6, 6.07) is 22.5. The molecule has 1 heterocycles. The van der Waals surface area contributed by atoms with Crippen LogP contribution in [-0.4, -0.2) is 40.6 Å². The summed E-state index contributed by atoms with van der Waals surface area (Å²) in [7, 11) is 1.65. The van der Waals surface area contributed by atoms with E-state index in [1.165, 1.54) is 0 Å². The summed E-state index contributed by atoms with van der Waals surface area (Å²) in [6.07, 6.45) is 4.05. The first kappa shape index (κ1) is 26.0. The third-order valence-electron chi connectivity index (χ3n) is 6.64. The number of ether oxygens (including phenoxy) is 1. The smallest absolute Gasteiger partial charge is 0.266 e. The molecule has 6 heteroatoms. The van der Waals surface area contributed by atoms with E-state index >= 15 is 0 Å². The Morgan fingerprint density at radius 2 is 1.76 bits per heavy atom. The lowest BCUT2D eigenvalue weighted by Gasteiger charge is -2.30. The van der Waals surface area contributed by atoms with E-state index in [2.05, 4.69) is 0 Å². The van der Waals surface area contributed by atoms with Crippen molar-refractivity contribution in [2.24, 2.45) is 0 Å². The molecule has 1 atom stereocenters. The Morgan fingerprint density at radius 3 is 2.49 bits per heavy atom. The molecule has 190 valence electrons. The number of aromatic nitrogens is 2. The van der Waals surface area contributed by atoms with Gasteiger partial charge in [0, 0.05) is 26.3 Å². The fraction of sp³-hybridized carbons (Fsp3) is 0.258. The molecule has 6 nitrogen and oxygen atoms in total. The van der Waals surface area contributed by atoms with Gasteiger partial charge in [0.1, 0.15) is 5.82 Å². The first-order chi connectivity index (χ1) is 17.9. The average Bonchev–Trinajstić information content (AvgIpc) is 2.91. The third-order valence-corrected chi connectivity index (χ3v) is 6.64. The number of methoxy groups -OCH3 is 1. The van der Waals surface area contributed by atoms with Crippen molar-refractivity contribution < 1.29 is 9.53 Å². The van der Waals surface area contributed by atoms with Crippen molar-refractivity contribution >= 4 is 22.9 Å². The molecule has 4 rings (SSSR count). The number of aryl methyl sites for hydroxylation is 2. The highest BCUT2D eigenvalue weighted by Crippen LogP contribution is 2.24. The lowest BCUT2D eigenvalue weighted by molar-refractivity contribution is -0.128. The zero-order chi connectivity index (χ0) is 26.4. The minimum atomic E-state index is -0.469. The van der Waals surface area contributed by atoms with Crippen molar-refractivity contribution in [2.45, 2.75) is 33.2 Å². The summed E-state index contributed by atoms with van der Waals surface area (Å²) in [6.45, 7) is 6.97. The molecule has 0 aliphatic heterocycles. The molecular weight excluding hydrogens is 462 g/mol. The Labute approximate surface area is 217 Å². The fourth-order valence-electron chi connectivity index (χ4n) is 4.39. The van der Waals surface area contributed by atoms with Crippen LogP contribution in [0.1, 0.15) is 41.9 Å². The molecule has 0 bridgehead atoms. The van der Waals surface area contributed by atoms with E-state index in [1.807, 2.05) is 93.6 Å². The minimum Gasteiger partial charge on any atom is -0.385 e. The Bertz CT molecular complexity index is 1470. The molecule has 1 amide bonds. The van der Waals surface area contributed by atoms with Crippen molar-refractivity contribution in [1.82, 2.24) is 14.5 Å². The number of carbonyl (C=O) groups is 1. The maximum Gasteiger partial charge on any atom is 0.266 e. The molecule has 3 aromatic carbocycles. The SMILES string of the molecule is COCCCN(C(=O)C=Cc1ccccc1)C(C)c1nc2ccccc2c(=O)n1-c1ccc(C)c(C)c1. The van der Waals surface area contributed by atoms with E-state index in [4.69, 9.17) is 9.72 Å². The molecular formula is C31H33N3O3. The zero-order valence-electron chi connectivity index (χ0n) is 21.8. The molecule has 0 radical (unpaired) electrons. The summed E-state index contributed by atoms with van der Waals surface area (Å²) in [4.78, 5) is 34.0. The predicted molar refractivity (Wildman–Crippen MR) is 149 cm³/mol. The predicted octanol–water partition coefficient (Wildman–Crippen LogP) is 5.64. The first-order valence-electron chi connectivity index (χ1n) is 12.5. The second kappa shape index (κ2) is 11.8. The highest BCUT2D eigenvalue weighted by molar-refractivity contribution is 5.92. The van der Waals surface area contributed by atoms with Crippen LogP contribution in [0.15, 0.2) is 83.7 Å². The first-order valence-corrected chi connectivity index (χ1v) is 12.5. The maximum atomic E-state index is 13.8.